The summed E-state index contributed by atoms with van der Waals surface area (Å²) in [5, 5.41) is 9.21. The first-order chi connectivity index (χ1) is 6.16. The summed E-state index contributed by atoms with van der Waals surface area (Å²) < 4.78 is 4.96. The van der Waals surface area contributed by atoms with Crippen LogP contribution in [0.4, 0.5) is 0 Å². The molecule has 0 aliphatic rings. The van der Waals surface area contributed by atoms with Crippen molar-refractivity contribution in [3.05, 3.63) is 23.8 Å². The van der Waals surface area contributed by atoms with Crippen LogP contribution in [0.3, 0.4) is 0 Å². The van der Waals surface area contributed by atoms with Crippen LogP contribution in [0.2, 0.25) is 0 Å². The summed E-state index contributed by atoms with van der Waals surface area (Å²) in [4.78, 5) is 18.4. The van der Waals surface area contributed by atoms with Gasteiger partial charge in [-0.15, -0.1) is 0 Å². The van der Waals surface area contributed by atoms with Crippen LogP contribution >= 0.6 is 0 Å². The number of fused-ring (bicyclic) bond motifs is 1. The van der Waals surface area contributed by atoms with E-state index in [4.69, 9.17) is 9.52 Å². The van der Waals surface area contributed by atoms with Gasteiger partial charge in [-0.2, -0.15) is 4.98 Å². The summed E-state index contributed by atoms with van der Waals surface area (Å²) in [6, 6.07) is 1.40. The van der Waals surface area contributed by atoms with Gasteiger partial charge in [0, 0.05) is 12.3 Å². The number of carbonyl (C=O) groups is 1. The van der Waals surface area contributed by atoms with Crippen molar-refractivity contribution in [3.8, 4) is 0 Å². The van der Waals surface area contributed by atoms with Crippen LogP contribution in [0, 0.1) is 6.92 Å². The Morgan fingerprint density at radius 2 is 2.38 bits per heavy atom. The average molecular weight is 178 g/mol. The first-order valence-corrected chi connectivity index (χ1v) is 3.63. The van der Waals surface area contributed by atoms with E-state index in [1.165, 1.54) is 12.3 Å². The third kappa shape index (κ3) is 1.24. The van der Waals surface area contributed by atoms with Crippen LogP contribution in [0.1, 0.15) is 16.4 Å². The van der Waals surface area contributed by atoms with Crippen molar-refractivity contribution < 1.29 is 14.3 Å². The lowest BCUT2D eigenvalue weighted by Crippen LogP contribution is -1.91. The van der Waals surface area contributed by atoms with Crippen LogP contribution < -0.4 is 0 Å². The number of carboxylic acids is 1. The molecule has 5 nitrogen and oxygen atoms in total. The molecule has 0 aliphatic heterocycles. The van der Waals surface area contributed by atoms with E-state index in [0.29, 0.717) is 16.9 Å². The third-order valence-corrected chi connectivity index (χ3v) is 1.60. The fourth-order valence-electron chi connectivity index (χ4n) is 1.02. The largest absolute Gasteiger partial charge is 0.475 e. The van der Waals surface area contributed by atoms with Crippen molar-refractivity contribution >= 4 is 17.1 Å². The number of carboxylic acid groups (broad SMARTS) is 1. The van der Waals surface area contributed by atoms with E-state index >= 15 is 0 Å². The van der Waals surface area contributed by atoms with Crippen molar-refractivity contribution in [1.82, 2.24) is 9.97 Å². The van der Waals surface area contributed by atoms with Gasteiger partial charge in [0.1, 0.15) is 5.82 Å². The van der Waals surface area contributed by atoms with Crippen LogP contribution in [0.25, 0.3) is 11.1 Å². The van der Waals surface area contributed by atoms with Gasteiger partial charge >= 0.3 is 5.97 Å². The zero-order chi connectivity index (χ0) is 9.42. The number of aromatic nitrogens is 2. The summed E-state index contributed by atoms with van der Waals surface area (Å²) in [5.41, 5.74) is 0.310. The van der Waals surface area contributed by atoms with E-state index < -0.39 is 5.97 Å². The molecule has 66 valence electrons. The Morgan fingerprint density at radius 3 is 3.08 bits per heavy atom. The Morgan fingerprint density at radius 1 is 1.62 bits per heavy atom. The molecule has 0 amide bonds. The zero-order valence-electron chi connectivity index (χ0n) is 6.81. The van der Waals surface area contributed by atoms with Crippen LogP contribution in [-0.2, 0) is 0 Å². The number of aromatic carboxylic acids is 1. The van der Waals surface area contributed by atoms with Crippen LogP contribution in [-0.4, -0.2) is 21.0 Å². The second-order valence-corrected chi connectivity index (χ2v) is 2.59. The Bertz CT molecular complexity index is 475. The Balaban J connectivity index is 2.68. The minimum atomic E-state index is -1.10. The summed E-state index contributed by atoms with van der Waals surface area (Å²) in [7, 11) is 0. The van der Waals surface area contributed by atoms with Gasteiger partial charge in [-0.1, -0.05) is 0 Å². The molecule has 2 heterocycles. The van der Waals surface area contributed by atoms with Gasteiger partial charge in [0.25, 0.3) is 0 Å². The molecule has 0 radical (unpaired) electrons. The second kappa shape index (κ2) is 2.55. The van der Waals surface area contributed by atoms with Crippen molar-refractivity contribution in [2.24, 2.45) is 0 Å². The van der Waals surface area contributed by atoms with Gasteiger partial charge in [0.05, 0.1) is 5.39 Å². The summed E-state index contributed by atoms with van der Waals surface area (Å²) >= 11 is 0. The number of furan rings is 1. The molecule has 0 bridgehead atoms. The lowest BCUT2D eigenvalue weighted by atomic mass is 10.3. The highest BCUT2D eigenvalue weighted by molar-refractivity contribution is 5.89. The molecule has 0 unspecified atom stereocenters. The predicted octanol–water partition coefficient (Wildman–Crippen LogP) is 1.23. The topological polar surface area (TPSA) is 76.2 Å². The molecule has 0 spiro atoms. The smallest absolute Gasteiger partial charge is 0.371 e. The fourth-order valence-corrected chi connectivity index (χ4v) is 1.02. The van der Waals surface area contributed by atoms with E-state index in [1.54, 1.807) is 6.92 Å². The van der Waals surface area contributed by atoms with Gasteiger partial charge in [-0.3, -0.25) is 0 Å². The molecule has 0 aliphatic carbocycles. The zero-order valence-corrected chi connectivity index (χ0v) is 6.81. The first kappa shape index (κ1) is 7.72. The monoisotopic (exact) mass is 178 g/mol. The molecule has 0 atom stereocenters. The molecule has 0 saturated carbocycles. The van der Waals surface area contributed by atoms with Gasteiger partial charge in [-0.05, 0) is 6.92 Å². The number of hydrogen-bond acceptors (Lipinski definition) is 4. The average Bonchev–Trinajstić information content (AvgIpc) is 2.46. The van der Waals surface area contributed by atoms with E-state index in [-0.39, 0.29) is 5.76 Å². The molecule has 5 heteroatoms. The fraction of sp³-hybridized carbons (Fsp3) is 0.125. The van der Waals surface area contributed by atoms with Crippen LogP contribution in [0.15, 0.2) is 16.7 Å². The standard InChI is InChI=1S/C8H6N2O3/c1-4-9-3-5-2-6(8(11)12)13-7(5)10-4/h2-3H,1H3,(H,11,12). The Kier molecular flexibility index (Phi) is 1.51. The summed E-state index contributed by atoms with van der Waals surface area (Å²) in [5.74, 6) is -0.663. The van der Waals surface area contributed by atoms with Gasteiger partial charge in [-0.25, -0.2) is 9.78 Å². The molecular weight excluding hydrogens is 172 g/mol. The molecule has 1 N–H and O–H groups in total. The van der Waals surface area contributed by atoms with E-state index in [2.05, 4.69) is 9.97 Å². The van der Waals surface area contributed by atoms with Crippen molar-refractivity contribution in [1.29, 1.82) is 0 Å². The summed E-state index contributed by atoms with van der Waals surface area (Å²) in [6.45, 7) is 1.71. The highest BCUT2D eigenvalue weighted by atomic mass is 16.4. The molecule has 0 saturated heterocycles. The lowest BCUT2D eigenvalue weighted by molar-refractivity contribution is 0.0664. The maximum atomic E-state index is 10.5. The maximum Gasteiger partial charge on any atom is 0.371 e. The molecule has 13 heavy (non-hydrogen) atoms. The Hall–Kier alpha value is -1.91. The molecular formula is C8H6N2O3. The van der Waals surface area contributed by atoms with Gasteiger partial charge in [0.15, 0.2) is 0 Å². The van der Waals surface area contributed by atoms with Gasteiger partial charge in [0.2, 0.25) is 11.5 Å². The molecule has 2 aromatic heterocycles. The second-order valence-electron chi connectivity index (χ2n) is 2.59. The van der Waals surface area contributed by atoms with Crippen molar-refractivity contribution in [3.63, 3.8) is 0 Å². The van der Waals surface area contributed by atoms with E-state index in [0.717, 1.165) is 0 Å². The molecule has 2 rings (SSSR count). The summed E-state index contributed by atoms with van der Waals surface area (Å²) in [6.07, 6.45) is 1.54. The Labute approximate surface area is 73.0 Å². The van der Waals surface area contributed by atoms with Crippen molar-refractivity contribution in [2.45, 2.75) is 6.92 Å². The number of aryl methyl sites for hydroxylation is 1. The minimum absolute atomic E-state index is 0.116. The molecule has 0 fully saturated rings. The van der Waals surface area contributed by atoms with Crippen molar-refractivity contribution in [2.75, 3.05) is 0 Å². The van der Waals surface area contributed by atoms with Gasteiger partial charge < -0.3 is 9.52 Å². The van der Waals surface area contributed by atoms with Crippen LogP contribution in [0.5, 0.6) is 0 Å². The molecule has 0 aromatic carbocycles. The predicted molar refractivity (Wildman–Crippen MR) is 43.5 cm³/mol. The number of hydrogen-bond donors (Lipinski definition) is 1. The molecule has 2 aromatic rings. The normalized spacial score (nSPS) is 10.5. The third-order valence-electron chi connectivity index (χ3n) is 1.60. The number of rotatable bonds is 1. The number of nitrogens with zero attached hydrogens (tertiary/aromatic N) is 2. The van der Waals surface area contributed by atoms with E-state index in [9.17, 15) is 4.79 Å². The SMILES string of the molecule is Cc1ncc2cc(C(=O)O)oc2n1. The maximum absolute atomic E-state index is 10.5. The lowest BCUT2D eigenvalue weighted by Gasteiger charge is -1.87. The minimum Gasteiger partial charge on any atom is -0.475 e. The van der Waals surface area contributed by atoms with E-state index in [1.807, 2.05) is 0 Å². The highest BCUT2D eigenvalue weighted by Gasteiger charge is 2.11. The quantitative estimate of drug-likeness (QED) is 0.710. The first-order valence-electron chi connectivity index (χ1n) is 3.63. The highest BCUT2D eigenvalue weighted by Crippen LogP contribution is 2.15.